The van der Waals surface area contributed by atoms with Gasteiger partial charge in [0.1, 0.15) is 18.5 Å². The molecular formula is C35H41N4O5+. The second kappa shape index (κ2) is 12.8. The molecule has 1 aromatic heterocycles. The van der Waals surface area contributed by atoms with Crippen LogP contribution in [-0.4, -0.2) is 71.5 Å². The third kappa shape index (κ3) is 5.93. The van der Waals surface area contributed by atoms with E-state index in [0.717, 1.165) is 47.4 Å². The first-order valence-corrected chi connectivity index (χ1v) is 15.7. The number of carboxylic acid groups (broad SMARTS) is 1. The Hall–Kier alpha value is -4.24. The smallest absolute Gasteiger partial charge is 0.308 e. The van der Waals surface area contributed by atoms with Crippen molar-refractivity contribution in [2.75, 3.05) is 37.7 Å². The molecule has 0 bridgehead atoms. The molecule has 0 aliphatic carbocycles. The summed E-state index contributed by atoms with van der Waals surface area (Å²) in [6.07, 6.45) is 6.96. The average Bonchev–Trinajstić information content (AvgIpc) is 3.71. The summed E-state index contributed by atoms with van der Waals surface area (Å²) in [5.74, 6) is -1.10. The first-order chi connectivity index (χ1) is 21.3. The lowest BCUT2D eigenvalue weighted by Gasteiger charge is -2.30. The van der Waals surface area contributed by atoms with Crippen molar-refractivity contribution in [3.8, 4) is 5.75 Å². The molecule has 3 atom stereocenters. The van der Waals surface area contributed by atoms with E-state index in [0.29, 0.717) is 44.8 Å². The van der Waals surface area contributed by atoms with E-state index in [1.807, 2.05) is 77.4 Å². The van der Waals surface area contributed by atoms with Crippen LogP contribution in [0.25, 0.3) is 0 Å². The van der Waals surface area contributed by atoms with Crippen LogP contribution in [0.5, 0.6) is 5.75 Å². The predicted molar refractivity (Wildman–Crippen MR) is 166 cm³/mol. The van der Waals surface area contributed by atoms with Crippen LogP contribution in [0.2, 0.25) is 0 Å². The van der Waals surface area contributed by atoms with Gasteiger partial charge in [-0.15, -0.1) is 0 Å². The highest BCUT2D eigenvalue weighted by molar-refractivity contribution is 5.98. The van der Waals surface area contributed by atoms with E-state index in [4.69, 9.17) is 4.74 Å². The number of carboxylic acids is 1. The summed E-state index contributed by atoms with van der Waals surface area (Å²) in [6.45, 7) is 4.82. The lowest BCUT2D eigenvalue weighted by molar-refractivity contribution is -0.670. The van der Waals surface area contributed by atoms with Gasteiger partial charge in [0.2, 0.25) is 5.91 Å². The van der Waals surface area contributed by atoms with E-state index >= 15 is 0 Å². The lowest BCUT2D eigenvalue weighted by atomic mass is 9.83. The van der Waals surface area contributed by atoms with Crippen molar-refractivity contribution in [1.82, 2.24) is 9.80 Å². The fourth-order valence-corrected chi connectivity index (χ4v) is 7.12. The minimum absolute atomic E-state index is 0.0223. The highest BCUT2D eigenvalue weighted by Crippen LogP contribution is 2.41. The second-order valence-electron chi connectivity index (χ2n) is 12.2. The zero-order valence-electron chi connectivity index (χ0n) is 25.5. The fourth-order valence-electron chi connectivity index (χ4n) is 7.12. The summed E-state index contributed by atoms with van der Waals surface area (Å²) < 4.78 is 7.64. The van der Waals surface area contributed by atoms with Gasteiger partial charge in [0.05, 0.1) is 19.1 Å². The van der Waals surface area contributed by atoms with Gasteiger partial charge in [-0.3, -0.25) is 19.3 Å². The molecule has 1 fully saturated rings. The molecule has 2 aromatic carbocycles. The van der Waals surface area contributed by atoms with Crippen LogP contribution >= 0.6 is 0 Å². The monoisotopic (exact) mass is 597 g/mol. The fraction of sp³-hybridized carbons (Fsp3) is 0.429. The summed E-state index contributed by atoms with van der Waals surface area (Å²) in [5, 5.41) is 10.7. The number of aliphatic carboxylic acids is 1. The van der Waals surface area contributed by atoms with Gasteiger partial charge in [-0.2, -0.15) is 0 Å². The first kappa shape index (κ1) is 29.8. The molecule has 0 radical (unpaired) electrons. The van der Waals surface area contributed by atoms with Gasteiger partial charge in [0.25, 0.3) is 5.91 Å². The number of amides is 2. The molecule has 0 spiro atoms. The van der Waals surface area contributed by atoms with Crippen molar-refractivity contribution >= 4 is 23.5 Å². The molecule has 4 heterocycles. The molecule has 9 nitrogen and oxygen atoms in total. The third-order valence-corrected chi connectivity index (χ3v) is 9.38. The van der Waals surface area contributed by atoms with Crippen molar-refractivity contribution in [1.29, 1.82) is 0 Å². The molecule has 1 saturated heterocycles. The number of hydrogen-bond donors (Lipinski definition) is 1. The molecule has 9 heteroatoms. The van der Waals surface area contributed by atoms with Gasteiger partial charge in [-0.05, 0) is 47.7 Å². The van der Waals surface area contributed by atoms with Crippen LogP contribution in [0.1, 0.15) is 59.2 Å². The summed E-state index contributed by atoms with van der Waals surface area (Å²) in [5.41, 5.74) is 4.59. The van der Waals surface area contributed by atoms with Crippen molar-refractivity contribution < 1.29 is 28.8 Å². The topological polar surface area (TPSA) is 94.3 Å². The van der Waals surface area contributed by atoms with Gasteiger partial charge >= 0.3 is 5.97 Å². The summed E-state index contributed by atoms with van der Waals surface area (Å²) in [4.78, 5) is 45.9. The molecule has 230 valence electrons. The predicted octanol–water partition coefficient (Wildman–Crippen LogP) is 3.79. The van der Waals surface area contributed by atoms with E-state index in [2.05, 4.69) is 17.9 Å². The van der Waals surface area contributed by atoms with E-state index < -0.39 is 17.9 Å². The number of aromatic nitrogens is 1. The number of ether oxygens (including phenoxy) is 1. The standard InChI is InChI=1S/C35H40N4O5/c1-3-4-16-39(27-9-7-15-36(2)21-27)32(40)23-38-22-29(24-11-12-31-25(19-24)14-18-44-31)33(35(42)43)30(38)13-17-37-20-26-8-5-6-10-28(26)34(37)41/h5-12,15,19,21,29-30,33H,3-4,13-14,16-18,20,22-23H2,1-2H3/p+1/t29-,30+,33-/m1/s1. The third-order valence-electron chi connectivity index (χ3n) is 9.38. The quantitative estimate of drug-likeness (QED) is 0.338. The maximum atomic E-state index is 14.0. The van der Waals surface area contributed by atoms with E-state index in [1.165, 1.54) is 0 Å². The van der Waals surface area contributed by atoms with Crippen LogP contribution in [0.4, 0.5) is 5.69 Å². The molecule has 3 aromatic rings. The molecule has 3 aliphatic heterocycles. The SMILES string of the molecule is CCCCN(C(=O)CN1C[C@H](c2ccc3c(c2)CCO3)[C@@H](C(=O)O)[C@@H]1CCN1Cc2ccccc2C1=O)c1ccc[n+](C)c1. The van der Waals surface area contributed by atoms with Crippen molar-refractivity contribution in [3.63, 3.8) is 0 Å². The number of pyridine rings is 1. The molecule has 1 N–H and O–H groups in total. The zero-order chi connectivity index (χ0) is 30.8. The normalized spacial score (nSPS) is 20.8. The van der Waals surface area contributed by atoms with Crippen molar-refractivity contribution in [2.24, 2.45) is 13.0 Å². The van der Waals surface area contributed by atoms with Gasteiger partial charge in [-0.25, -0.2) is 4.57 Å². The van der Waals surface area contributed by atoms with Crippen LogP contribution in [-0.2, 0) is 29.6 Å². The molecule has 0 unspecified atom stereocenters. The first-order valence-electron chi connectivity index (χ1n) is 15.7. The molecule has 3 aliphatic rings. The summed E-state index contributed by atoms with van der Waals surface area (Å²) in [7, 11) is 1.93. The van der Waals surface area contributed by atoms with E-state index in [1.54, 1.807) is 4.90 Å². The molecule has 0 saturated carbocycles. The molecule has 2 amide bonds. The summed E-state index contributed by atoms with van der Waals surface area (Å²) in [6, 6.07) is 17.1. The lowest BCUT2D eigenvalue weighted by Crippen LogP contribution is -2.46. The maximum Gasteiger partial charge on any atom is 0.308 e. The number of rotatable bonds is 11. The van der Waals surface area contributed by atoms with Crippen LogP contribution in [0.15, 0.2) is 67.0 Å². The Labute approximate surface area is 258 Å². The number of benzene rings is 2. The zero-order valence-corrected chi connectivity index (χ0v) is 25.5. The van der Waals surface area contributed by atoms with Gasteiger partial charge in [0.15, 0.2) is 12.4 Å². The largest absolute Gasteiger partial charge is 0.493 e. The van der Waals surface area contributed by atoms with Crippen molar-refractivity contribution in [3.05, 3.63) is 89.2 Å². The average molecular weight is 598 g/mol. The van der Waals surface area contributed by atoms with Crippen LogP contribution in [0.3, 0.4) is 0 Å². The van der Waals surface area contributed by atoms with Crippen LogP contribution in [0, 0.1) is 5.92 Å². The number of carbonyl (C=O) groups is 3. The number of unbranched alkanes of at least 4 members (excludes halogenated alkanes) is 1. The minimum atomic E-state index is -0.874. The number of nitrogens with zero attached hydrogens (tertiary/aromatic N) is 4. The molecule has 6 rings (SSSR count). The molecular weight excluding hydrogens is 556 g/mol. The number of aryl methyl sites for hydroxylation is 1. The Balaban J connectivity index is 1.28. The maximum absolute atomic E-state index is 14.0. The minimum Gasteiger partial charge on any atom is -0.493 e. The highest BCUT2D eigenvalue weighted by atomic mass is 16.5. The van der Waals surface area contributed by atoms with Crippen LogP contribution < -0.4 is 14.2 Å². The van der Waals surface area contributed by atoms with Gasteiger partial charge in [-0.1, -0.05) is 43.7 Å². The Morgan fingerprint density at radius 2 is 1.95 bits per heavy atom. The Bertz CT molecular complexity index is 1560. The van der Waals surface area contributed by atoms with Crippen molar-refractivity contribution in [2.45, 2.75) is 51.1 Å². The molecule has 44 heavy (non-hydrogen) atoms. The van der Waals surface area contributed by atoms with Gasteiger partial charge < -0.3 is 19.6 Å². The Morgan fingerprint density at radius 3 is 2.73 bits per heavy atom. The number of hydrogen-bond acceptors (Lipinski definition) is 5. The highest BCUT2D eigenvalue weighted by Gasteiger charge is 2.47. The Morgan fingerprint density at radius 1 is 1.11 bits per heavy atom. The summed E-state index contributed by atoms with van der Waals surface area (Å²) >= 11 is 0. The van der Waals surface area contributed by atoms with E-state index in [-0.39, 0.29) is 24.3 Å². The number of fused-ring (bicyclic) bond motifs is 2. The second-order valence-corrected chi connectivity index (χ2v) is 12.2. The number of carbonyl (C=O) groups excluding carboxylic acids is 2. The van der Waals surface area contributed by atoms with Gasteiger partial charge in [0, 0.05) is 56.2 Å². The number of anilines is 1. The number of likely N-dealkylation sites (tertiary alicyclic amines) is 1. The Kier molecular flexibility index (Phi) is 8.66. The van der Waals surface area contributed by atoms with E-state index in [9.17, 15) is 19.5 Å².